The average Bonchev–Trinajstić information content (AvgIpc) is 3.03. The Hall–Kier alpha value is -1.81. The Morgan fingerprint density at radius 2 is 1.96 bits per heavy atom. The molecule has 1 N–H and O–H groups in total. The lowest BCUT2D eigenvalue weighted by atomic mass is 10.1. The van der Waals surface area contributed by atoms with Crippen LogP contribution in [0.3, 0.4) is 0 Å². The number of nitrogens with zero attached hydrogens (tertiary/aromatic N) is 2. The number of amides is 1. The zero-order chi connectivity index (χ0) is 20.3. The molecule has 1 aliphatic rings. The van der Waals surface area contributed by atoms with E-state index in [0.717, 1.165) is 16.1 Å². The molecule has 0 saturated carbocycles. The molecule has 1 saturated heterocycles. The number of aromatic nitrogens is 1. The van der Waals surface area contributed by atoms with Gasteiger partial charge < -0.3 is 10.1 Å². The van der Waals surface area contributed by atoms with Gasteiger partial charge in [0.25, 0.3) is 5.91 Å². The third kappa shape index (κ3) is 4.78. The number of thiazole rings is 1. The van der Waals surface area contributed by atoms with Crippen LogP contribution in [0.25, 0.3) is 10.6 Å². The zero-order valence-electron chi connectivity index (χ0n) is 16.3. The van der Waals surface area contributed by atoms with Crippen LogP contribution in [0.1, 0.15) is 26.5 Å². The highest BCUT2D eigenvalue weighted by atomic mass is 32.2. The van der Waals surface area contributed by atoms with Crippen LogP contribution >= 0.6 is 11.3 Å². The molecule has 1 aromatic heterocycles. The number of hydrogen-bond acceptors (Lipinski definition) is 6. The third-order valence-corrected chi connectivity index (χ3v) is 7.69. The molecule has 1 aliphatic heterocycles. The molecule has 0 aliphatic carbocycles. The molecule has 2 heterocycles. The molecule has 0 unspecified atom stereocenters. The van der Waals surface area contributed by atoms with E-state index in [1.165, 1.54) is 21.2 Å². The number of sulfonamides is 1. The summed E-state index contributed by atoms with van der Waals surface area (Å²) in [7, 11) is -3.39. The van der Waals surface area contributed by atoms with Gasteiger partial charge in [0.2, 0.25) is 10.0 Å². The van der Waals surface area contributed by atoms with E-state index in [1.807, 2.05) is 26.0 Å². The molecule has 0 spiro atoms. The molecular formula is C19H25N3O4S2. The maximum atomic E-state index is 12.5. The van der Waals surface area contributed by atoms with E-state index in [4.69, 9.17) is 4.74 Å². The Kier molecular flexibility index (Phi) is 6.49. The number of carbonyl (C=O) groups excluding carboxylic acids is 1. The second-order valence-corrected chi connectivity index (χ2v) is 9.92. The highest BCUT2D eigenvalue weighted by Gasteiger charge is 2.24. The van der Waals surface area contributed by atoms with Gasteiger partial charge in [-0.05, 0) is 26.3 Å². The molecule has 1 fully saturated rings. The van der Waals surface area contributed by atoms with Crippen LogP contribution in [-0.2, 0) is 14.8 Å². The number of benzene rings is 1. The van der Waals surface area contributed by atoms with Crippen LogP contribution in [0, 0.1) is 20.8 Å². The van der Waals surface area contributed by atoms with E-state index in [9.17, 15) is 13.2 Å². The molecule has 3 rings (SSSR count). The lowest BCUT2D eigenvalue weighted by Crippen LogP contribution is -2.43. The first-order valence-corrected chi connectivity index (χ1v) is 11.6. The van der Waals surface area contributed by atoms with Crippen LogP contribution in [0.4, 0.5) is 0 Å². The van der Waals surface area contributed by atoms with Gasteiger partial charge in [0, 0.05) is 25.2 Å². The van der Waals surface area contributed by atoms with Crippen molar-refractivity contribution in [2.24, 2.45) is 0 Å². The molecule has 152 valence electrons. The van der Waals surface area contributed by atoms with Crippen molar-refractivity contribution in [2.75, 3.05) is 38.6 Å². The molecule has 1 aromatic carbocycles. The van der Waals surface area contributed by atoms with E-state index in [1.54, 1.807) is 6.92 Å². The van der Waals surface area contributed by atoms with Gasteiger partial charge in [-0.1, -0.05) is 23.8 Å². The van der Waals surface area contributed by atoms with Crippen LogP contribution in [0.5, 0.6) is 0 Å². The molecule has 0 radical (unpaired) electrons. The lowest BCUT2D eigenvalue weighted by molar-refractivity contribution is 0.0730. The fourth-order valence-electron chi connectivity index (χ4n) is 3.10. The maximum Gasteiger partial charge on any atom is 0.263 e. The molecule has 0 bridgehead atoms. The summed E-state index contributed by atoms with van der Waals surface area (Å²) in [4.78, 5) is 17.6. The average molecular weight is 424 g/mol. The van der Waals surface area contributed by atoms with Crippen LogP contribution in [0.2, 0.25) is 0 Å². The SMILES string of the molecule is Cc1ccc(-c2nc(C)c(C(=O)NCCS(=O)(=O)N3CCOCC3)s2)c(C)c1. The van der Waals surface area contributed by atoms with E-state index in [-0.39, 0.29) is 18.2 Å². The van der Waals surface area contributed by atoms with Crippen LogP contribution < -0.4 is 5.32 Å². The van der Waals surface area contributed by atoms with Crippen molar-refractivity contribution in [1.82, 2.24) is 14.6 Å². The molecule has 9 heteroatoms. The highest BCUT2D eigenvalue weighted by Crippen LogP contribution is 2.30. The predicted molar refractivity (Wildman–Crippen MR) is 110 cm³/mol. The summed E-state index contributed by atoms with van der Waals surface area (Å²) in [5, 5.41) is 3.51. The Bertz CT molecular complexity index is 964. The standard InChI is InChI=1S/C19H25N3O4S2/c1-13-4-5-16(14(2)12-13)19-21-15(3)17(27-19)18(23)20-6-11-28(24,25)22-7-9-26-10-8-22/h4-5,12H,6-11H2,1-3H3,(H,20,23). The van der Waals surface area contributed by atoms with Gasteiger partial charge in [0.05, 0.1) is 24.7 Å². The van der Waals surface area contributed by atoms with Gasteiger partial charge in [-0.3, -0.25) is 4.79 Å². The second-order valence-electron chi connectivity index (χ2n) is 6.84. The van der Waals surface area contributed by atoms with E-state index >= 15 is 0 Å². The number of morpholine rings is 1. The first-order chi connectivity index (χ1) is 13.3. The first-order valence-electron chi connectivity index (χ1n) is 9.17. The summed E-state index contributed by atoms with van der Waals surface area (Å²) in [6.07, 6.45) is 0. The summed E-state index contributed by atoms with van der Waals surface area (Å²) in [6, 6.07) is 6.12. The summed E-state index contributed by atoms with van der Waals surface area (Å²) in [5.41, 5.74) is 3.94. The fourth-order valence-corrected chi connectivity index (χ4v) is 5.50. The number of aryl methyl sites for hydroxylation is 3. The fraction of sp³-hybridized carbons (Fsp3) is 0.474. The number of carbonyl (C=O) groups is 1. The van der Waals surface area contributed by atoms with E-state index in [0.29, 0.717) is 36.9 Å². The summed E-state index contributed by atoms with van der Waals surface area (Å²) >= 11 is 1.33. The smallest absolute Gasteiger partial charge is 0.263 e. The Labute approximate surface area is 169 Å². The van der Waals surface area contributed by atoms with Crippen LogP contribution in [-0.4, -0.2) is 62.2 Å². The number of hydrogen-bond donors (Lipinski definition) is 1. The quantitative estimate of drug-likeness (QED) is 0.769. The van der Waals surface area contributed by atoms with Gasteiger partial charge in [-0.15, -0.1) is 11.3 Å². The summed E-state index contributed by atoms with van der Waals surface area (Å²) < 4.78 is 31.3. The third-order valence-electron chi connectivity index (χ3n) is 4.62. The van der Waals surface area contributed by atoms with Crippen molar-refractivity contribution in [2.45, 2.75) is 20.8 Å². The van der Waals surface area contributed by atoms with Crippen molar-refractivity contribution in [3.05, 3.63) is 39.9 Å². The van der Waals surface area contributed by atoms with Crippen molar-refractivity contribution in [1.29, 1.82) is 0 Å². The Morgan fingerprint density at radius 3 is 2.64 bits per heavy atom. The maximum absolute atomic E-state index is 12.5. The van der Waals surface area contributed by atoms with Gasteiger partial charge in [0.15, 0.2) is 0 Å². The minimum atomic E-state index is -3.39. The van der Waals surface area contributed by atoms with E-state index < -0.39 is 10.0 Å². The minimum absolute atomic E-state index is 0.0642. The zero-order valence-corrected chi connectivity index (χ0v) is 18.0. The number of rotatable bonds is 6. The molecule has 2 aromatic rings. The normalized spacial score (nSPS) is 15.5. The molecule has 7 nitrogen and oxygen atoms in total. The van der Waals surface area contributed by atoms with Gasteiger partial charge in [-0.25, -0.2) is 13.4 Å². The Balaban J connectivity index is 1.64. The molecule has 0 atom stereocenters. The van der Waals surface area contributed by atoms with E-state index in [2.05, 4.69) is 16.4 Å². The second kappa shape index (κ2) is 8.69. The van der Waals surface area contributed by atoms with Crippen molar-refractivity contribution in [3.63, 3.8) is 0 Å². The summed E-state index contributed by atoms with van der Waals surface area (Å²) in [5.74, 6) is -0.413. The summed E-state index contributed by atoms with van der Waals surface area (Å²) in [6.45, 7) is 7.47. The van der Waals surface area contributed by atoms with Crippen LogP contribution in [0.15, 0.2) is 18.2 Å². The molecule has 1 amide bonds. The molecular weight excluding hydrogens is 398 g/mol. The number of ether oxygens (including phenoxy) is 1. The Morgan fingerprint density at radius 1 is 1.25 bits per heavy atom. The highest BCUT2D eigenvalue weighted by molar-refractivity contribution is 7.89. The predicted octanol–water partition coefficient (Wildman–Crippen LogP) is 2.13. The number of nitrogens with one attached hydrogen (secondary N) is 1. The van der Waals surface area contributed by atoms with Gasteiger partial charge in [0.1, 0.15) is 9.88 Å². The lowest BCUT2D eigenvalue weighted by Gasteiger charge is -2.26. The largest absolute Gasteiger partial charge is 0.379 e. The monoisotopic (exact) mass is 423 g/mol. The minimum Gasteiger partial charge on any atom is -0.379 e. The van der Waals surface area contributed by atoms with Gasteiger partial charge in [-0.2, -0.15) is 4.31 Å². The van der Waals surface area contributed by atoms with Crippen molar-refractivity contribution >= 4 is 27.3 Å². The topological polar surface area (TPSA) is 88.6 Å². The van der Waals surface area contributed by atoms with Crippen molar-refractivity contribution < 1.29 is 17.9 Å². The van der Waals surface area contributed by atoms with Gasteiger partial charge >= 0.3 is 0 Å². The molecule has 28 heavy (non-hydrogen) atoms. The first kappa shape index (κ1) is 20.9. The van der Waals surface area contributed by atoms with Crippen molar-refractivity contribution in [3.8, 4) is 10.6 Å².